The van der Waals surface area contributed by atoms with Crippen molar-refractivity contribution in [1.82, 2.24) is 0 Å². The van der Waals surface area contributed by atoms with E-state index in [-0.39, 0.29) is 17.4 Å². The van der Waals surface area contributed by atoms with Crippen LogP contribution in [-0.2, 0) is 24.5 Å². The Bertz CT molecular complexity index is 419. The van der Waals surface area contributed by atoms with Crippen LogP contribution in [0.5, 0.6) is 0 Å². The number of methoxy groups -OCH3 is 2. The fraction of sp³-hybridized carbons (Fsp3) is 0.500. The standard InChI is InChI=1S/C16H22O4/c1-16(11-9-14(17)19-2,12-10-15(18)20-3)13-7-5-4-6-8-13/h4-8H,9-12H2,1-3H3. The maximum Gasteiger partial charge on any atom is 0.305 e. The average Bonchev–Trinajstić information content (AvgIpc) is 2.51. The van der Waals surface area contributed by atoms with E-state index in [1.54, 1.807) is 0 Å². The number of ether oxygens (including phenoxy) is 2. The summed E-state index contributed by atoms with van der Waals surface area (Å²) in [5.41, 5.74) is 0.872. The van der Waals surface area contributed by atoms with Crippen molar-refractivity contribution in [2.24, 2.45) is 0 Å². The van der Waals surface area contributed by atoms with Gasteiger partial charge in [0, 0.05) is 12.8 Å². The Balaban J connectivity index is 2.82. The summed E-state index contributed by atoms with van der Waals surface area (Å²) in [6.07, 6.45) is 1.95. The minimum Gasteiger partial charge on any atom is -0.469 e. The molecule has 4 nitrogen and oxygen atoms in total. The first-order valence-electron chi connectivity index (χ1n) is 6.71. The van der Waals surface area contributed by atoms with Gasteiger partial charge in [-0.25, -0.2) is 0 Å². The molecule has 20 heavy (non-hydrogen) atoms. The van der Waals surface area contributed by atoms with Crippen LogP contribution in [0.25, 0.3) is 0 Å². The van der Waals surface area contributed by atoms with Crippen molar-refractivity contribution < 1.29 is 19.1 Å². The van der Waals surface area contributed by atoms with E-state index in [1.165, 1.54) is 14.2 Å². The molecule has 0 N–H and O–H groups in total. The SMILES string of the molecule is COC(=O)CCC(C)(CCC(=O)OC)c1ccccc1. The van der Waals surface area contributed by atoms with Crippen LogP contribution in [0.3, 0.4) is 0 Å². The van der Waals surface area contributed by atoms with Crippen LogP contribution < -0.4 is 0 Å². The van der Waals surface area contributed by atoms with Crippen LogP contribution in [0.15, 0.2) is 30.3 Å². The lowest BCUT2D eigenvalue weighted by atomic mass is 9.75. The number of hydrogen-bond acceptors (Lipinski definition) is 4. The smallest absolute Gasteiger partial charge is 0.305 e. The summed E-state index contributed by atoms with van der Waals surface area (Å²) in [6, 6.07) is 9.92. The zero-order chi connectivity index (χ0) is 15.0. The number of hydrogen-bond donors (Lipinski definition) is 0. The Morgan fingerprint density at radius 1 is 0.950 bits per heavy atom. The molecule has 0 aliphatic rings. The van der Waals surface area contributed by atoms with Crippen LogP contribution in [-0.4, -0.2) is 26.2 Å². The van der Waals surface area contributed by atoms with Crippen molar-refractivity contribution in [1.29, 1.82) is 0 Å². The number of rotatable bonds is 7. The molecule has 0 radical (unpaired) electrons. The molecule has 0 amide bonds. The highest BCUT2D eigenvalue weighted by atomic mass is 16.5. The molecule has 0 fully saturated rings. The zero-order valence-electron chi connectivity index (χ0n) is 12.3. The average molecular weight is 278 g/mol. The minimum absolute atomic E-state index is 0.231. The predicted molar refractivity (Wildman–Crippen MR) is 76.3 cm³/mol. The van der Waals surface area contributed by atoms with E-state index in [1.807, 2.05) is 30.3 Å². The number of benzene rings is 1. The van der Waals surface area contributed by atoms with Gasteiger partial charge in [-0.3, -0.25) is 9.59 Å². The Hall–Kier alpha value is -1.84. The monoisotopic (exact) mass is 278 g/mol. The Morgan fingerprint density at radius 2 is 1.40 bits per heavy atom. The summed E-state index contributed by atoms with van der Waals surface area (Å²) in [4.78, 5) is 22.7. The molecular weight excluding hydrogens is 256 g/mol. The molecular formula is C16H22O4. The molecule has 0 heterocycles. The normalized spacial score (nSPS) is 10.9. The van der Waals surface area contributed by atoms with Gasteiger partial charge in [0.25, 0.3) is 0 Å². The molecule has 0 spiro atoms. The fourth-order valence-corrected chi connectivity index (χ4v) is 2.21. The maximum atomic E-state index is 11.4. The van der Waals surface area contributed by atoms with E-state index < -0.39 is 0 Å². The number of carbonyl (C=O) groups excluding carboxylic acids is 2. The lowest BCUT2D eigenvalue weighted by molar-refractivity contribution is -0.141. The number of carbonyl (C=O) groups is 2. The molecule has 4 heteroatoms. The molecule has 1 aromatic rings. The van der Waals surface area contributed by atoms with Gasteiger partial charge in [0.15, 0.2) is 0 Å². The van der Waals surface area contributed by atoms with Crippen LogP contribution >= 0.6 is 0 Å². The van der Waals surface area contributed by atoms with E-state index >= 15 is 0 Å². The summed E-state index contributed by atoms with van der Waals surface area (Å²) >= 11 is 0. The molecule has 1 rings (SSSR count). The van der Waals surface area contributed by atoms with E-state index in [9.17, 15) is 9.59 Å². The molecule has 0 saturated carbocycles. The molecule has 0 unspecified atom stereocenters. The zero-order valence-corrected chi connectivity index (χ0v) is 12.3. The quantitative estimate of drug-likeness (QED) is 0.720. The van der Waals surface area contributed by atoms with Gasteiger partial charge in [-0.2, -0.15) is 0 Å². The molecule has 1 aromatic carbocycles. The lowest BCUT2D eigenvalue weighted by Gasteiger charge is -2.29. The van der Waals surface area contributed by atoms with Gasteiger partial charge in [0.2, 0.25) is 0 Å². The largest absolute Gasteiger partial charge is 0.469 e. The highest BCUT2D eigenvalue weighted by molar-refractivity contribution is 5.70. The van der Waals surface area contributed by atoms with Crippen molar-refractivity contribution in [2.75, 3.05) is 14.2 Å². The topological polar surface area (TPSA) is 52.6 Å². The second kappa shape index (κ2) is 7.68. The summed E-state index contributed by atoms with van der Waals surface area (Å²) in [6.45, 7) is 2.06. The Kier molecular flexibility index (Phi) is 6.22. The van der Waals surface area contributed by atoms with Crippen molar-refractivity contribution in [3.8, 4) is 0 Å². The fourth-order valence-electron chi connectivity index (χ4n) is 2.21. The van der Waals surface area contributed by atoms with E-state index in [4.69, 9.17) is 9.47 Å². The van der Waals surface area contributed by atoms with Gasteiger partial charge in [-0.05, 0) is 23.8 Å². The molecule has 0 aliphatic heterocycles. The van der Waals surface area contributed by atoms with Gasteiger partial charge >= 0.3 is 11.9 Å². The number of esters is 2. The van der Waals surface area contributed by atoms with Crippen molar-refractivity contribution in [3.05, 3.63) is 35.9 Å². The predicted octanol–water partition coefficient (Wildman–Crippen LogP) is 2.85. The van der Waals surface area contributed by atoms with Crippen LogP contribution in [0.2, 0.25) is 0 Å². The van der Waals surface area contributed by atoms with Gasteiger partial charge in [0.1, 0.15) is 0 Å². The first-order valence-corrected chi connectivity index (χ1v) is 6.71. The molecule has 110 valence electrons. The summed E-state index contributed by atoms with van der Waals surface area (Å²) in [5.74, 6) is -0.463. The van der Waals surface area contributed by atoms with Crippen LogP contribution in [0, 0.1) is 0 Å². The highest BCUT2D eigenvalue weighted by Crippen LogP contribution is 2.34. The van der Waals surface area contributed by atoms with Gasteiger partial charge in [-0.15, -0.1) is 0 Å². The highest BCUT2D eigenvalue weighted by Gasteiger charge is 2.28. The molecule has 0 aliphatic carbocycles. The second-order valence-corrected chi connectivity index (χ2v) is 5.08. The third-order valence-electron chi connectivity index (χ3n) is 3.69. The van der Waals surface area contributed by atoms with Gasteiger partial charge in [0.05, 0.1) is 14.2 Å². The van der Waals surface area contributed by atoms with Crippen molar-refractivity contribution in [3.63, 3.8) is 0 Å². The molecule has 0 saturated heterocycles. The third kappa shape index (κ3) is 4.68. The van der Waals surface area contributed by atoms with Crippen molar-refractivity contribution >= 4 is 11.9 Å². The Morgan fingerprint density at radius 3 is 1.80 bits per heavy atom. The van der Waals surface area contributed by atoms with E-state index in [0.717, 1.165) is 5.56 Å². The van der Waals surface area contributed by atoms with Gasteiger partial charge < -0.3 is 9.47 Å². The van der Waals surface area contributed by atoms with E-state index in [2.05, 4.69) is 6.92 Å². The minimum atomic E-state index is -0.246. The summed E-state index contributed by atoms with van der Waals surface area (Å²) in [5, 5.41) is 0. The van der Waals surface area contributed by atoms with Crippen LogP contribution in [0.4, 0.5) is 0 Å². The first kappa shape index (κ1) is 16.2. The van der Waals surface area contributed by atoms with Crippen molar-refractivity contribution in [2.45, 2.75) is 38.0 Å². The third-order valence-corrected chi connectivity index (χ3v) is 3.69. The second-order valence-electron chi connectivity index (χ2n) is 5.08. The van der Waals surface area contributed by atoms with Gasteiger partial charge in [-0.1, -0.05) is 37.3 Å². The molecule has 0 atom stereocenters. The van der Waals surface area contributed by atoms with Crippen LogP contribution in [0.1, 0.15) is 38.2 Å². The lowest BCUT2D eigenvalue weighted by Crippen LogP contribution is -2.25. The van der Waals surface area contributed by atoms with E-state index in [0.29, 0.717) is 25.7 Å². The molecule has 0 bridgehead atoms. The summed E-state index contributed by atoms with van der Waals surface area (Å²) < 4.78 is 9.40. The summed E-state index contributed by atoms with van der Waals surface area (Å²) in [7, 11) is 2.77. The molecule has 0 aromatic heterocycles. The first-order chi connectivity index (χ1) is 9.51. The Labute approximate surface area is 120 Å². The maximum absolute atomic E-state index is 11.4.